The Hall–Kier alpha value is -2.09. The Morgan fingerprint density at radius 3 is 2.19 bits per heavy atom. The number of carbonyl (C=O) groups is 1. The van der Waals surface area contributed by atoms with Crippen LogP contribution in [-0.4, -0.2) is 5.97 Å². The Morgan fingerprint density at radius 1 is 0.952 bits per heavy atom. The first kappa shape index (κ1) is 15.3. The first-order chi connectivity index (χ1) is 10.3. The highest BCUT2D eigenvalue weighted by Crippen LogP contribution is 2.25. The molecule has 0 saturated carbocycles. The minimum absolute atomic E-state index is 0.162. The van der Waals surface area contributed by atoms with Gasteiger partial charge in [0.25, 0.3) is 0 Å². The molecule has 110 valence electrons. The van der Waals surface area contributed by atoms with E-state index in [-0.39, 0.29) is 12.1 Å². The molecule has 0 N–H and O–H groups in total. The predicted octanol–water partition coefficient (Wildman–Crippen LogP) is 5.17. The fraction of sp³-hybridized carbons (Fsp3) is 0.316. The van der Waals surface area contributed by atoms with Crippen LogP contribution in [0.5, 0.6) is 0 Å². The van der Waals surface area contributed by atoms with Gasteiger partial charge in [0.15, 0.2) is 0 Å². The minimum Gasteiger partial charge on any atom is -0.454 e. The summed E-state index contributed by atoms with van der Waals surface area (Å²) in [4.78, 5) is 12.2. The Labute approximate surface area is 126 Å². The second-order valence-electron chi connectivity index (χ2n) is 5.17. The molecule has 1 atom stereocenters. The lowest BCUT2D eigenvalue weighted by atomic mass is 10.0. The second-order valence-corrected chi connectivity index (χ2v) is 5.17. The molecule has 2 rings (SSSR count). The molecule has 2 aromatic rings. The maximum atomic E-state index is 12.2. The zero-order valence-corrected chi connectivity index (χ0v) is 12.5. The molecule has 0 bridgehead atoms. The van der Waals surface area contributed by atoms with E-state index in [2.05, 4.69) is 6.92 Å². The van der Waals surface area contributed by atoms with Gasteiger partial charge < -0.3 is 4.74 Å². The van der Waals surface area contributed by atoms with Crippen molar-refractivity contribution in [1.82, 2.24) is 0 Å². The van der Waals surface area contributed by atoms with E-state index in [9.17, 15) is 4.79 Å². The summed E-state index contributed by atoms with van der Waals surface area (Å²) < 4.78 is 5.73. The number of carbonyl (C=O) groups excluding carboxylic acids is 1. The molecule has 0 heterocycles. The van der Waals surface area contributed by atoms with E-state index in [4.69, 9.17) is 4.74 Å². The van der Waals surface area contributed by atoms with Gasteiger partial charge in [-0.3, -0.25) is 0 Å². The molecule has 0 aliphatic heterocycles. The van der Waals surface area contributed by atoms with Crippen LogP contribution in [0, 0.1) is 0 Å². The summed E-state index contributed by atoms with van der Waals surface area (Å²) in [5, 5.41) is 0. The highest BCUT2D eigenvalue weighted by molar-refractivity contribution is 5.89. The number of rotatable bonds is 7. The lowest BCUT2D eigenvalue weighted by molar-refractivity contribution is 0.0271. The Balaban J connectivity index is 2.07. The highest BCUT2D eigenvalue weighted by Gasteiger charge is 2.17. The van der Waals surface area contributed by atoms with Crippen LogP contribution in [0.15, 0.2) is 60.7 Å². The molecule has 0 fully saturated rings. The quantitative estimate of drug-likeness (QED) is 0.517. The lowest BCUT2D eigenvalue weighted by Crippen LogP contribution is -2.12. The zero-order chi connectivity index (χ0) is 14.9. The van der Waals surface area contributed by atoms with Gasteiger partial charge in [-0.2, -0.15) is 0 Å². The number of benzene rings is 2. The number of ether oxygens (including phenoxy) is 1. The Kier molecular flexibility index (Phi) is 6.01. The first-order valence-corrected chi connectivity index (χ1v) is 7.62. The molecule has 0 aliphatic rings. The third kappa shape index (κ3) is 4.75. The molecule has 21 heavy (non-hydrogen) atoms. The molecular formula is C19H22O2. The van der Waals surface area contributed by atoms with Crippen molar-refractivity contribution in [3.8, 4) is 0 Å². The molecular weight excluding hydrogens is 260 g/mol. The van der Waals surface area contributed by atoms with Crippen LogP contribution < -0.4 is 0 Å². The Bertz CT molecular complexity index is 534. The molecule has 2 heteroatoms. The van der Waals surface area contributed by atoms with E-state index in [1.807, 2.05) is 48.5 Å². The number of unbranched alkanes of at least 4 members (excludes halogenated alkanes) is 2. The van der Waals surface area contributed by atoms with Gasteiger partial charge >= 0.3 is 5.97 Å². The average molecular weight is 282 g/mol. The van der Waals surface area contributed by atoms with E-state index in [1.165, 1.54) is 0 Å². The maximum absolute atomic E-state index is 12.2. The van der Waals surface area contributed by atoms with E-state index in [0.717, 1.165) is 31.2 Å². The van der Waals surface area contributed by atoms with E-state index in [0.29, 0.717) is 5.56 Å². The SMILES string of the molecule is CCCCC[C@@H](OC(=O)c1ccccc1)c1ccccc1. The number of hydrogen-bond donors (Lipinski definition) is 0. The largest absolute Gasteiger partial charge is 0.454 e. The van der Waals surface area contributed by atoms with Crippen LogP contribution in [0.1, 0.15) is 54.6 Å². The normalized spacial score (nSPS) is 11.9. The summed E-state index contributed by atoms with van der Waals surface area (Å²) in [5.74, 6) is -0.249. The average Bonchev–Trinajstić information content (AvgIpc) is 2.55. The molecule has 0 aliphatic carbocycles. The van der Waals surface area contributed by atoms with Gasteiger partial charge in [-0.25, -0.2) is 4.79 Å². The fourth-order valence-electron chi connectivity index (χ4n) is 2.31. The van der Waals surface area contributed by atoms with Gasteiger partial charge in [0.1, 0.15) is 6.10 Å². The number of esters is 1. The molecule has 0 aromatic heterocycles. The van der Waals surface area contributed by atoms with Crippen molar-refractivity contribution in [2.75, 3.05) is 0 Å². The standard InChI is InChI=1S/C19H22O2/c1-2-3-6-15-18(16-11-7-4-8-12-16)21-19(20)17-13-9-5-10-14-17/h4-5,7-14,18H,2-3,6,15H2,1H3/t18-/m1/s1. The summed E-state index contributed by atoms with van der Waals surface area (Å²) in [7, 11) is 0. The summed E-state index contributed by atoms with van der Waals surface area (Å²) in [6, 6.07) is 19.2. The van der Waals surface area contributed by atoms with Gasteiger partial charge in [0, 0.05) is 0 Å². The third-order valence-electron chi connectivity index (χ3n) is 3.50. The third-order valence-corrected chi connectivity index (χ3v) is 3.50. The number of hydrogen-bond acceptors (Lipinski definition) is 2. The van der Waals surface area contributed by atoms with Crippen LogP contribution in [0.4, 0.5) is 0 Å². The molecule has 0 radical (unpaired) electrons. The second kappa shape index (κ2) is 8.25. The zero-order valence-electron chi connectivity index (χ0n) is 12.5. The summed E-state index contributed by atoms with van der Waals surface area (Å²) >= 11 is 0. The topological polar surface area (TPSA) is 26.3 Å². The predicted molar refractivity (Wildman–Crippen MR) is 85.2 cm³/mol. The molecule has 0 amide bonds. The molecule has 2 nitrogen and oxygen atoms in total. The van der Waals surface area contributed by atoms with Gasteiger partial charge in [0.05, 0.1) is 5.56 Å². The molecule has 0 spiro atoms. The summed E-state index contributed by atoms with van der Waals surface area (Å²) in [5.41, 5.74) is 1.67. The van der Waals surface area contributed by atoms with Crippen molar-refractivity contribution in [1.29, 1.82) is 0 Å². The lowest BCUT2D eigenvalue weighted by Gasteiger charge is -2.18. The van der Waals surface area contributed by atoms with Crippen molar-refractivity contribution in [2.45, 2.75) is 38.7 Å². The van der Waals surface area contributed by atoms with Crippen LogP contribution in [0.25, 0.3) is 0 Å². The first-order valence-electron chi connectivity index (χ1n) is 7.62. The van der Waals surface area contributed by atoms with Crippen molar-refractivity contribution in [3.63, 3.8) is 0 Å². The van der Waals surface area contributed by atoms with Crippen molar-refractivity contribution in [3.05, 3.63) is 71.8 Å². The van der Waals surface area contributed by atoms with E-state index >= 15 is 0 Å². The van der Waals surface area contributed by atoms with Crippen molar-refractivity contribution >= 4 is 5.97 Å². The van der Waals surface area contributed by atoms with Crippen LogP contribution in [0.3, 0.4) is 0 Å². The fourth-order valence-corrected chi connectivity index (χ4v) is 2.31. The van der Waals surface area contributed by atoms with E-state index < -0.39 is 0 Å². The van der Waals surface area contributed by atoms with E-state index in [1.54, 1.807) is 12.1 Å². The smallest absolute Gasteiger partial charge is 0.338 e. The van der Waals surface area contributed by atoms with Crippen LogP contribution in [-0.2, 0) is 4.74 Å². The maximum Gasteiger partial charge on any atom is 0.338 e. The van der Waals surface area contributed by atoms with Gasteiger partial charge in [-0.15, -0.1) is 0 Å². The van der Waals surface area contributed by atoms with Gasteiger partial charge in [0.2, 0.25) is 0 Å². The molecule has 0 saturated heterocycles. The monoisotopic (exact) mass is 282 g/mol. The minimum atomic E-state index is -0.249. The Morgan fingerprint density at radius 2 is 1.57 bits per heavy atom. The van der Waals surface area contributed by atoms with Crippen molar-refractivity contribution < 1.29 is 9.53 Å². The van der Waals surface area contributed by atoms with Gasteiger partial charge in [-0.05, 0) is 30.5 Å². The van der Waals surface area contributed by atoms with Crippen LogP contribution in [0.2, 0.25) is 0 Å². The van der Waals surface area contributed by atoms with Crippen molar-refractivity contribution in [2.24, 2.45) is 0 Å². The van der Waals surface area contributed by atoms with Crippen LogP contribution >= 0.6 is 0 Å². The summed E-state index contributed by atoms with van der Waals surface area (Å²) in [6.45, 7) is 2.17. The van der Waals surface area contributed by atoms with Gasteiger partial charge in [-0.1, -0.05) is 68.3 Å². The molecule has 0 unspecified atom stereocenters. The molecule has 2 aromatic carbocycles. The summed E-state index contributed by atoms with van der Waals surface area (Å²) in [6.07, 6.45) is 4.10. The highest BCUT2D eigenvalue weighted by atomic mass is 16.5.